The Morgan fingerprint density at radius 1 is 1.07 bits per heavy atom. The lowest BCUT2D eigenvalue weighted by molar-refractivity contribution is -0.384. The van der Waals surface area contributed by atoms with E-state index in [-0.39, 0.29) is 11.3 Å². The number of nitro benzene ring substituents is 1. The Balaban J connectivity index is 2.12. The van der Waals surface area contributed by atoms with Crippen LogP contribution in [0.25, 0.3) is 5.70 Å². The van der Waals surface area contributed by atoms with Gasteiger partial charge >= 0.3 is 12.0 Å². The minimum atomic E-state index is -0.834. The SMILES string of the molecule is COC(=O)C1=C(c2ccc(OC)cc2)NC(=O)NC1c1ccc([N+](=O)[O-])cc1. The molecule has 0 bridgehead atoms. The van der Waals surface area contributed by atoms with Crippen LogP contribution in [0, 0.1) is 10.1 Å². The Hall–Kier alpha value is -3.88. The molecule has 2 amide bonds. The number of hydrogen-bond acceptors (Lipinski definition) is 6. The predicted molar refractivity (Wildman–Crippen MR) is 99.4 cm³/mol. The minimum absolute atomic E-state index is 0.0945. The zero-order valence-corrected chi connectivity index (χ0v) is 15.1. The summed E-state index contributed by atoms with van der Waals surface area (Å²) in [7, 11) is 2.77. The summed E-state index contributed by atoms with van der Waals surface area (Å²) in [5.41, 5.74) is 1.47. The highest BCUT2D eigenvalue weighted by molar-refractivity contribution is 6.04. The van der Waals surface area contributed by atoms with E-state index in [1.165, 1.54) is 38.5 Å². The molecule has 0 fully saturated rings. The van der Waals surface area contributed by atoms with Crippen molar-refractivity contribution in [3.63, 3.8) is 0 Å². The van der Waals surface area contributed by atoms with Crippen molar-refractivity contribution < 1.29 is 24.0 Å². The maximum absolute atomic E-state index is 12.5. The molecule has 2 aromatic rings. The molecule has 1 unspecified atom stereocenters. The lowest BCUT2D eigenvalue weighted by atomic mass is 9.92. The molecule has 0 saturated heterocycles. The molecule has 0 aromatic heterocycles. The van der Waals surface area contributed by atoms with Gasteiger partial charge in [0.15, 0.2) is 0 Å². The number of esters is 1. The summed E-state index contributed by atoms with van der Waals surface area (Å²) in [5, 5.41) is 16.2. The molecular formula is C19H17N3O6. The predicted octanol–water partition coefficient (Wildman–Crippen LogP) is 2.54. The molecule has 1 heterocycles. The molecule has 28 heavy (non-hydrogen) atoms. The largest absolute Gasteiger partial charge is 0.497 e. The molecule has 3 rings (SSSR count). The average molecular weight is 383 g/mol. The summed E-state index contributed by atoms with van der Waals surface area (Å²) in [6.07, 6.45) is 0. The fraction of sp³-hybridized carbons (Fsp3) is 0.158. The van der Waals surface area contributed by atoms with Gasteiger partial charge in [0, 0.05) is 12.1 Å². The number of nitro groups is 1. The van der Waals surface area contributed by atoms with Gasteiger partial charge in [-0.1, -0.05) is 0 Å². The quantitative estimate of drug-likeness (QED) is 0.465. The van der Waals surface area contributed by atoms with Gasteiger partial charge in [0.1, 0.15) is 5.75 Å². The van der Waals surface area contributed by atoms with Gasteiger partial charge in [0.2, 0.25) is 0 Å². The first kappa shape index (κ1) is 18.9. The van der Waals surface area contributed by atoms with E-state index in [2.05, 4.69) is 10.6 Å². The number of carbonyl (C=O) groups excluding carboxylic acids is 2. The molecule has 1 aliphatic heterocycles. The molecule has 0 radical (unpaired) electrons. The summed E-state index contributed by atoms with van der Waals surface area (Å²) >= 11 is 0. The van der Waals surface area contributed by atoms with Crippen LogP contribution < -0.4 is 15.4 Å². The third-order valence-corrected chi connectivity index (χ3v) is 4.29. The van der Waals surface area contributed by atoms with Crippen LogP contribution in [0.4, 0.5) is 10.5 Å². The monoisotopic (exact) mass is 383 g/mol. The third-order valence-electron chi connectivity index (χ3n) is 4.29. The number of rotatable bonds is 5. The van der Waals surface area contributed by atoms with Gasteiger partial charge in [-0.25, -0.2) is 9.59 Å². The Bertz CT molecular complexity index is 951. The number of urea groups is 1. The number of amides is 2. The molecule has 0 saturated carbocycles. The first-order valence-electron chi connectivity index (χ1n) is 8.23. The van der Waals surface area contributed by atoms with E-state index in [9.17, 15) is 19.7 Å². The molecule has 0 spiro atoms. The van der Waals surface area contributed by atoms with E-state index in [0.717, 1.165) is 0 Å². The smallest absolute Gasteiger partial charge is 0.338 e. The standard InChI is InChI=1S/C19H17N3O6/c1-27-14-9-5-12(6-10-14)17-15(18(23)28-2)16(20-19(24)21-17)11-3-7-13(8-4-11)22(25)26/h3-10,16H,1-2H3,(H2,20,21,24). The zero-order valence-electron chi connectivity index (χ0n) is 15.1. The van der Waals surface area contributed by atoms with Crippen LogP contribution >= 0.6 is 0 Å². The highest BCUT2D eigenvalue weighted by Crippen LogP contribution is 2.33. The highest BCUT2D eigenvalue weighted by Gasteiger charge is 2.34. The topological polar surface area (TPSA) is 120 Å². The number of non-ortho nitro benzene ring substituents is 1. The normalized spacial score (nSPS) is 16.1. The fourth-order valence-electron chi connectivity index (χ4n) is 2.92. The number of ether oxygens (including phenoxy) is 2. The summed E-state index contributed by atoms with van der Waals surface area (Å²) in [5.74, 6) is -0.0159. The lowest BCUT2D eigenvalue weighted by Crippen LogP contribution is -2.45. The van der Waals surface area contributed by atoms with Crippen LogP contribution in [0.1, 0.15) is 17.2 Å². The van der Waals surface area contributed by atoms with Gasteiger partial charge in [-0.05, 0) is 47.5 Å². The second kappa shape index (κ2) is 7.78. The van der Waals surface area contributed by atoms with Crippen molar-refractivity contribution in [1.82, 2.24) is 10.6 Å². The van der Waals surface area contributed by atoms with Gasteiger partial charge in [-0.3, -0.25) is 10.1 Å². The summed E-state index contributed by atoms with van der Waals surface area (Å²) < 4.78 is 10.0. The van der Waals surface area contributed by atoms with Gasteiger partial charge in [0.25, 0.3) is 5.69 Å². The Labute approximate surface area is 160 Å². The lowest BCUT2D eigenvalue weighted by Gasteiger charge is -2.29. The minimum Gasteiger partial charge on any atom is -0.497 e. The molecule has 1 atom stereocenters. The van der Waals surface area contributed by atoms with E-state index in [1.54, 1.807) is 24.3 Å². The number of hydrogen-bond donors (Lipinski definition) is 2. The van der Waals surface area contributed by atoms with E-state index >= 15 is 0 Å². The van der Waals surface area contributed by atoms with Crippen molar-refractivity contribution in [2.24, 2.45) is 0 Å². The van der Waals surface area contributed by atoms with Crippen LogP contribution in [-0.2, 0) is 9.53 Å². The highest BCUT2D eigenvalue weighted by atomic mass is 16.6. The van der Waals surface area contributed by atoms with Crippen LogP contribution in [0.2, 0.25) is 0 Å². The number of carbonyl (C=O) groups is 2. The Morgan fingerprint density at radius 3 is 2.25 bits per heavy atom. The van der Waals surface area contributed by atoms with Crippen molar-refractivity contribution >= 4 is 23.4 Å². The molecular weight excluding hydrogens is 366 g/mol. The van der Waals surface area contributed by atoms with Gasteiger partial charge < -0.3 is 20.1 Å². The maximum atomic E-state index is 12.5. The van der Waals surface area contributed by atoms with Crippen molar-refractivity contribution in [3.05, 3.63) is 75.3 Å². The second-order valence-corrected chi connectivity index (χ2v) is 5.89. The first-order chi connectivity index (χ1) is 13.4. The fourth-order valence-corrected chi connectivity index (χ4v) is 2.92. The summed E-state index contributed by atoms with van der Waals surface area (Å²) in [4.78, 5) is 35.1. The zero-order chi connectivity index (χ0) is 20.3. The van der Waals surface area contributed by atoms with E-state index in [0.29, 0.717) is 22.6 Å². The number of nitrogens with one attached hydrogen (secondary N) is 2. The third kappa shape index (κ3) is 3.63. The summed E-state index contributed by atoms with van der Waals surface area (Å²) in [6, 6.07) is 11.1. The van der Waals surface area contributed by atoms with Crippen LogP contribution in [0.15, 0.2) is 54.1 Å². The average Bonchev–Trinajstić information content (AvgIpc) is 2.72. The number of methoxy groups -OCH3 is 2. The van der Waals surface area contributed by atoms with E-state index in [4.69, 9.17) is 9.47 Å². The van der Waals surface area contributed by atoms with Crippen LogP contribution in [-0.4, -0.2) is 31.1 Å². The second-order valence-electron chi connectivity index (χ2n) is 5.89. The first-order valence-corrected chi connectivity index (χ1v) is 8.23. The van der Waals surface area contributed by atoms with Crippen molar-refractivity contribution in [2.45, 2.75) is 6.04 Å². The van der Waals surface area contributed by atoms with Gasteiger partial charge in [-0.2, -0.15) is 0 Å². The molecule has 2 aromatic carbocycles. The van der Waals surface area contributed by atoms with Crippen molar-refractivity contribution in [3.8, 4) is 5.75 Å². The Morgan fingerprint density at radius 2 is 1.71 bits per heavy atom. The van der Waals surface area contributed by atoms with Gasteiger partial charge in [0.05, 0.1) is 36.5 Å². The summed E-state index contributed by atoms with van der Waals surface area (Å²) in [6.45, 7) is 0. The molecule has 9 heteroatoms. The molecule has 144 valence electrons. The number of benzene rings is 2. The number of nitrogens with zero attached hydrogens (tertiary/aromatic N) is 1. The van der Waals surface area contributed by atoms with Crippen LogP contribution in [0.5, 0.6) is 5.75 Å². The maximum Gasteiger partial charge on any atom is 0.338 e. The molecule has 1 aliphatic rings. The van der Waals surface area contributed by atoms with Gasteiger partial charge in [-0.15, -0.1) is 0 Å². The Kier molecular flexibility index (Phi) is 5.25. The van der Waals surface area contributed by atoms with Crippen molar-refractivity contribution in [1.29, 1.82) is 0 Å². The molecule has 0 aliphatic carbocycles. The molecule has 9 nitrogen and oxygen atoms in total. The van der Waals surface area contributed by atoms with E-state index in [1.807, 2.05) is 0 Å². The van der Waals surface area contributed by atoms with E-state index < -0.39 is 23.0 Å². The van der Waals surface area contributed by atoms with Crippen LogP contribution in [0.3, 0.4) is 0 Å². The van der Waals surface area contributed by atoms with Crippen molar-refractivity contribution in [2.75, 3.05) is 14.2 Å². The molecule has 2 N–H and O–H groups in total.